The Balaban J connectivity index is 1.25. The third-order valence-electron chi connectivity index (χ3n) is 6.46. The molecule has 1 heterocycles. The number of benzene rings is 2. The monoisotopic (exact) mass is 469 g/mol. The van der Waals surface area contributed by atoms with Gasteiger partial charge in [-0.1, -0.05) is 12.1 Å². The van der Waals surface area contributed by atoms with E-state index in [1.54, 1.807) is 24.0 Å². The fourth-order valence-electron chi connectivity index (χ4n) is 4.25. The van der Waals surface area contributed by atoms with E-state index in [9.17, 15) is 23.2 Å². The molecule has 2 N–H and O–H groups in total. The first-order valence-electron chi connectivity index (χ1n) is 11.7. The second-order valence-corrected chi connectivity index (χ2v) is 9.33. The van der Waals surface area contributed by atoms with Gasteiger partial charge in [0.1, 0.15) is 11.6 Å². The van der Waals surface area contributed by atoms with E-state index in [1.165, 1.54) is 24.3 Å². The van der Waals surface area contributed by atoms with Gasteiger partial charge in [0, 0.05) is 19.6 Å². The van der Waals surface area contributed by atoms with Crippen molar-refractivity contribution >= 4 is 17.7 Å². The van der Waals surface area contributed by atoms with Gasteiger partial charge in [-0.15, -0.1) is 0 Å². The molecule has 0 aromatic heterocycles. The maximum atomic E-state index is 14.5. The average Bonchev–Trinajstić information content (AvgIpc) is 3.52. The van der Waals surface area contributed by atoms with Crippen LogP contribution in [0, 0.1) is 30.4 Å². The van der Waals surface area contributed by atoms with Crippen molar-refractivity contribution in [2.75, 3.05) is 26.2 Å². The molecule has 0 bridgehead atoms. The average molecular weight is 470 g/mol. The highest BCUT2D eigenvalue weighted by Crippen LogP contribution is 2.28. The van der Waals surface area contributed by atoms with E-state index in [-0.39, 0.29) is 35.4 Å². The Kier molecular flexibility index (Phi) is 7.24. The molecule has 1 atom stereocenters. The number of hydrogen-bond acceptors (Lipinski definition) is 3. The number of likely N-dealkylation sites (tertiary alicyclic amines) is 1. The molecular formula is C26H29F2N3O3. The second kappa shape index (κ2) is 10.3. The van der Waals surface area contributed by atoms with Crippen LogP contribution in [-0.2, 0) is 11.2 Å². The molecule has 1 saturated carbocycles. The van der Waals surface area contributed by atoms with Crippen LogP contribution in [0.5, 0.6) is 0 Å². The topological polar surface area (TPSA) is 78.5 Å². The fraction of sp³-hybridized carbons (Fsp3) is 0.423. The summed E-state index contributed by atoms with van der Waals surface area (Å²) in [5, 5.41) is 5.26. The Bertz CT molecular complexity index is 1100. The molecular weight excluding hydrogens is 440 g/mol. The molecule has 1 saturated heterocycles. The van der Waals surface area contributed by atoms with Crippen molar-refractivity contribution in [2.24, 2.45) is 11.8 Å². The smallest absolute Gasteiger partial charge is 0.254 e. The maximum absolute atomic E-state index is 14.5. The number of aryl methyl sites for hydroxylation is 1. The summed E-state index contributed by atoms with van der Waals surface area (Å²) in [5.74, 6) is -1.73. The first-order chi connectivity index (χ1) is 16.3. The lowest BCUT2D eigenvalue weighted by atomic mass is 9.97. The molecule has 2 fully saturated rings. The number of halogens is 2. The van der Waals surface area contributed by atoms with Crippen molar-refractivity contribution in [3.63, 3.8) is 0 Å². The second-order valence-electron chi connectivity index (χ2n) is 9.33. The predicted octanol–water partition coefficient (Wildman–Crippen LogP) is 3.23. The van der Waals surface area contributed by atoms with Crippen LogP contribution in [0.4, 0.5) is 8.78 Å². The van der Waals surface area contributed by atoms with Gasteiger partial charge in [-0.25, -0.2) is 8.78 Å². The zero-order chi connectivity index (χ0) is 24.2. The van der Waals surface area contributed by atoms with Gasteiger partial charge in [0.15, 0.2) is 0 Å². The standard InChI is InChI=1S/C26H29F2N3O3/c1-16-2-6-20(22(27)10-16)26(34)30-14-24(32)31-9-8-19(15-31)11-18-5-7-21(23(28)12-18)25(33)29-13-17-3-4-17/h2,5-7,10,12,17,19H,3-4,8-9,11,13-15H2,1H3,(H,29,33)(H,30,34). The summed E-state index contributed by atoms with van der Waals surface area (Å²) in [5.41, 5.74) is 1.44. The van der Waals surface area contributed by atoms with Gasteiger partial charge in [0.2, 0.25) is 5.91 Å². The third kappa shape index (κ3) is 5.98. The van der Waals surface area contributed by atoms with Crippen molar-refractivity contribution in [3.8, 4) is 0 Å². The van der Waals surface area contributed by atoms with E-state index in [0.717, 1.165) is 24.8 Å². The van der Waals surface area contributed by atoms with Crippen LogP contribution in [0.3, 0.4) is 0 Å². The van der Waals surface area contributed by atoms with Crippen LogP contribution in [-0.4, -0.2) is 48.8 Å². The summed E-state index contributed by atoms with van der Waals surface area (Å²) in [6.07, 6.45) is 3.57. The molecule has 0 spiro atoms. The molecule has 6 nitrogen and oxygen atoms in total. The van der Waals surface area contributed by atoms with Crippen molar-refractivity contribution in [1.29, 1.82) is 0 Å². The molecule has 2 aliphatic rings. The van der Waals surface area contributed by atoms with Gasteiger partial charge in [-0.05, 0) is 79.8 Å². The number of carbonyl (C=O) groups is 3. The molecule has 1 aliphatic carbocycles. The number of nitrogens with zero attached hydrogens (tertiary/aromatic N) is 1. The van der Waals surface area contributed by atoms with Gasteiger partial charge in [0.05, 0.1) is 17.7 Å². The Morgan fingerprint density at radius 3 is 2.26 bits per heavy atom. The summed E-state index contributed by atoms with van der Waals surface area (Å²) >= 11 is 0. The summed E-state index contributed by atoms with van der Waals surface area (Å²) in [7, 11) is 0. The summed E-state index contributed by atoms with van der Waals surface area (Å²) in [6.45, 7) is 3.15. The summed E-state index contributed by atoms with van der Waals surface area (Å²) < 4.78 is 28.4. The maximum Gasteiger partial charge on any atom is 0.254 e. The van der Waals surface area contributed by atoms with E-state index in [4.69, 9.17) is 0 Å². The van der Waals surface area contributed by atoms with Crippen LogP contribution in [0.15, 0.2) is 36.4 Å². The Morgan fingerprint density at radius 1 is 0.912 bits per heavy atom. The Hall–Kier alpha value is -3.29. The SMILES string of the molecule is Cc1ccc(C(=O)NCC(=O)N2CCC(Cc3ccc(C(=O)NCC4CC4)c(F)c3)C2)c(F)c1. The van der Waals surface area contributed by atoms with Gasteiger partial charge in [-0.3, -0.25) is 14.4 Å². The van der Waals surface area contributed by atoms with E-state index in [2.05, 4.69) is 10.6 Å². The Labute approximate surface area is 197 Å². The van der Waals surface area contributed by atoms with E-state index in [1.807, 2.05) is 0 Å². The van der Waals surface area contributed by atoms with E-state index < -0.39 is 17.5 Å². The predicted molar refractivity (Wildman–Crippen MR) is 123 cm³/mol. The molecule has 1 aliphatic heterocycles. The zero-order valence-electron chi connectivity index (χ0n) is 19.2. The van der Waals surface area contributed by atoms with E-state index >= 15 is 0 Å². The third-order valence-corrected chi connectivity index (χ3v) is 6.46. The van der Waals surface area contributed by atoms with Crippen molar-refractivity contribution < 1.29 is 23.2 Å². The molecule has 3 amide bonds. The van der Waals surface area contributed by atoms with Crippen LogP contribution < -0.4 is 10.6 Å². The molecule has 34 heavy (non-hydrogen) atoms. The number of hydrogen-bond donors (Lipinski definition) is 2. The molecule has 8 heteroatoms. The molecule has 1 unspecified atom stereocenters. The minimum Gasteiger partial charge on any atom is -0.352 e. The largest absolute Gasteiger partial charge is 0.352 e. The van der Waals surface area contributed by atoms with Crippen LogP contribution in [0.2, 0.25) is 0 Å². The highest BCUT2D eigenvalue weighted by Gasteiger charge is 2.27. The number of carbonyl (C=O) groups excluding carboxylic acids is 3. The quantitative estimate of drug-likeness (QED) is 0.623. The highest BCUT2D eigenvalue weighted by molar-refractivity contribution is 5.96. The molecule has 2 aromatic rings. The minimum atomic E-state index is -0.627. The van der Waals surface area contributed by atoms with Gasteiger partial charge < -0.3 is 15.5 Å². The molecule has 0 radical (unpaired) electrons. The highest BCUT2D eigenvalue weighted by atomic mass is 19.1. The van der Waals surface area contributed by atoms with Crippen LogP contribution in [0.25, 0.3) is 0 Å². The van der Waals surface area contributed by atoms with E-state index in [0.29, 0.717) is 37.5 Å². The van der Waals surface area contributed by atoms with Crippen molar-refractivity contribution in [2.45, 2.75) is 32.6 Å². The lowest BCUT2D eigenvalue weighted by molar-refractivity contribution is -0.129. The lowest BCUT2D eigenvalue weighted by Crippen LogP contribution is -2.39. The Morgan fingerprint density at radius 2 is 1.59 bits per heavy atom. The first-order valence-corrected chi connectivity index (χ1v) is 11.7. The summed E-state index contributed by atoms with van der Waals surface area (Å²) in [4.78, 5) is 38.5. The number of nitrogens with one attached hydrogen (secondary N) is 2. The lowest BCUT2D eigenvalue weighted by Gasteiger charge is -2.17. The van der Waals surface area contributed by atoms with Gasteiger partial charge in [0.25, 0.3) is 11.8 Å². The number of amides is 3. The number of rotatable bonds is 8. The molecule has 180 valence electrons. The summed E-state index contributed by atoms with van der Waals surface area (Å²) in [6, 6.07) is 8.99. The van der Waals surface area contributed by atoms with Crippen LogP contribution in [0.1, 0.15) is 51.1 Å². The van der Waals surface area contributed by atoms with Crippen molar-refractivity contribution in [3.05, 3.63) is 70.3 Å². The van der Waals surface area contributed by atoms with Gasteiger partial charge >= 0.3 is 0 Å². The molecule has 2 aromatic carbocycles. The van der Waals surface area contributed by atoms with Crippen molar-refractivity contribution in [1.82, 2.24) is 15.5 Å². The van der Waals surface area contributed by atoms with Gasteiger partial charge in [-0.2, -0.15) is 0 Å². The normalized spacial score (nSPS) is 17.5. The first kappa shape index (κ1) is 23.9. The zero-order valence-corrected chi connectivity index (χ0v) is 19.2. The fourth-order valence-corrected chi connectivity index (χ4v) is 4.25. The van der Waals surface area contributed by atoms with Crippen LogP contribution >= 0.6 is 0 Å². The minimum absolute atomic E-state index is 0.0494. The molecule has 4 rings (SSSR count).